The summed E-state index contributed by atoms with van der Waals surface area (Å²) in [5, 5.41) is 3.32. The van der Waals surface area contributed by atoms with E-state index in [-0.39, 0.29) is 17.5 Å². The fourth-order valence-electron chi connectivity index (χ4n) is 4.66. The van der Waals surface area contributed by atoms with E-state index in [0.717, 1.165) is 64.6 Å². The maximum atomic E-state index is 13.0. The number of nitrogens with one attached hydrogen (secondary N) is 1. The SMILES string of the molecule is NC(=O)C1(N2CCCCC2CCCC(=O)c2ccc(F)cc2)CCNCC1. The number of nitrogens with zero attached hydrogens (tertiary/aromatic N) is 1. The minimum Gasteiger partial charge on any atom is -0.368 e. The summed E-state index contributed by atoms with van der Waals surface area (Å²) in [4.78, 5) is 27.1. The van der Waals surface area contributed by atoms with Crippen LogP contribution in [-0.2, 0) is 4.79 Å². The Kier molecular flexibility index (Phi) is 6.60. The molecule has 0 aromatic heterocycles. The molecule has 2 aliphatic heterocycles. The van der Waals surface area contributed by atoms with Crippen molar-refractivity contribution in [2.75, 3.05) is 19.6 Å². The van der Waals surface area contributed by atoms with Crippen molar-refractivity contribution in [3.05, 3.63) is 35.6 Å². The molecule has 27 heavy (non-hydrogen) atoms. The normalized spacial score (nSPS) is 23.1. The molecular formula is C21H30FN3O2. The van der Waals surface area contributed by atoms with Gasteiger partial charge in [0.05, 0.1) is 0 Å². The Morgan fingerprint density at radius 1 is 1.19 bits per heavy atom. The zero-order chi connectivity index (χ0) is 19.3. The predicted octanol–water partition coefficient (Wildman–Crippen LogP) is 2.64. The molecule has 2 aliphatic rings. The van der Waals surface area contributed by atoms with Crippen LogP contribution in [0.25, 0.3) is 0 Å². The second-order valence-electron chi connectivity index (χ2n) is 7.81. The van der Waals surface area contributed by atoms with E-state index >= 15 is 0 Å². The lowest BCUT2D eigenvalue weighted by molar-refractivity contribution is -0.136. The molecular weight excluding hydrogens is 345 g/mol. The first kappa shape index (κ1) is 20.0. The Balaban J connectivity index is 1.61. The van der Waals surface area contributed by atoms with Gasteiger partial charge >= 0.3 is 0 Å². The smallest absolute Gasteiger partial charge is 0.238 e. The van der Waals surface area contributed by atoms with Gasteiger partial charge in [0.25, 0.3) is 0 Å². The number of likely N-dealkylation sites (tertiary alicyclic amines) is 1. The van der Waals surface area contributed by atoms with E-state index < -0.39 is 5.54 Å². The van der Waals surface area contributed by atoms with Crippen LogP contribution in [0.1, 0.15) is 61.7 Å². The summed E-state index contributed by atoms with van der Waals surface area (Å²) in [5.74, 6) is -0.495. The number of halogens is 1. The topological polar surface area (TPSA) is 75.4 Å². The van der Waals surface area contributed by atoms with Gasteiger partial charge in [-0.15, -0.1) is 0 Å². The van der Waals surface area contributed by atoms with Crippen molar-refractivity contribution in [3.63, 3.8) is 0 Å². The summed E-state index contributed by atoms with van der Waals surface area (Å²) in [6.07, 6.45) is 6.91. The molecule has 1 amide bonds. The molecule has 3 N–H and O–H groups in total. The lowest BCUT2D eigenvalue weighted by Gasteiger charge is -2.50. The summed E-state index contributed by atoms with van der Waals surface area (Å²) in [7, 11) is 0. The highest BCUT2D eigenvalue weighted by molar-refractivity contribution is 5.95. The number of amides is 1. The molecule has 6 heteroatoms. The van der Waals surface area contributed by atoms with Crippen LogP contribution in [0, 0.1) is 5.82 Å². The Labute approximate surface area is 160 Å². The number of nitrogens with two attached hydrogens (primary N) is 1. The molecule has 5 nitrogen and oxygen atoms in total. The Morgan fingerprint density at radius 2 is 1.89 bits per heavy atom. The van der Waals surface area contributed by atoms with Gasteiger partial charge in [-0.1, -0.05) is 6.42 Å². The van der Waals surface area contributed by atoms with E-state index in [1.54, 1.807) is 12.1 Å². The van der Waals surface area contributed by atoms with Gasteiger partial charge in [-0.25, -0.2) is 4.39 Å². The van der Waals surface area contributed by atoms with Crippen LogP contribution < -0.4 is 11.1 Å². The van der Waals surface area contributed by atoms with Gasteiger partial charge in [0, 0.05) is 18.0 Å². The Hall–Kier alpha value is -1.79. The largest absolute Gasteiger partial charge is 0.368 e. The fraction of sp³-hybridized carbons (Fsp3) is 0.619. The molecule has 0 aliphatic carbocycles. The highest BCUT2D eigenvalue weighted by atomic mass is 19.1. The maximum absolute atomic E-state index is 13.0. The van der Waals surface area contributed by atoms with Crippen LogP contribution in [0.2, 0.25) is 0 Å². The third kappa shape index (κ3) is 4.55. The predicted molar refractivity (Wildman–Crippen MR) is 103 cm³/mol. The zero-order valence-electron chi connectivity index (χ0n) is 15.9. The maximum Gasteiger partial charge on any atom is 0.238 e. The van der Waals surface area contributed by atoms with Gasteiger partial charge in [-0.05, 0) is 82.4 Å². The monoisotopic (exact) mass is 375 g/mol. The van der Waals surface area contributed by atoms with Crippen molar-refractivity contribution < 1.29 is 14.0 Å². The van der Waals surface area contributed by atoms with Crippen molar-refractivity contribution in [2.24, 2.45) is 5.73 Å². The molecule has 0 spiro atoms. The number of hydrogen-bond donors (Lipinski definition) is 2. The van der Waals surface area contributed by atoms with Crippen molar-refractivity contribution >= 4 is 11.7 Å². The average Bonchev–Trinajstić information content (AvgIpc) is 2.69. The van der Waals surface area contributed by atoms with Gasteiger partial charge in [0.15, 0.2) is 5.78 Å². The highest BCUT2D eigenvalue weighted by Gasteiger charge is 2.46. The van der Waals surface area contributed by atoms with Gasteiger partial charge < -0.3 is 11.1 Å². The Bertz CT molecular complexity index is 656. The number of rotatable bonds is 7. The van der Waals surface area contributed by atoms with E-state index in [1.807, 2.05) is 0 Å². The summed E-state index contributed by atoms with van der Waals surface area (Å²) >= 11 is 0. The number of hydrogen-bond acceptors (Lipinski definition) is 4. The first-order chi connectivity index (χ1) is 13.0. The molecule has 0 saturated carbocycles. The van der Waals surface area contributed by atoms with Crippen molar-refractivity contribution in [3.8, 4) is 0 Å². The third-order valence-electron chi connectivity index (χ3n) is 6.17. The molecule has 1 atom stereocenters. The molecule has 1 unspecified atom stereocenters. The standard InChI is InChI=1S/C21H30FN3O2/c22-17-9-7-16(8-10-17)19(26)6-3-5-18-4-1-2-15-25(18)21(20(23)27)11-13-24-14-12-21/h7-10,18,24H,1-6,11-15H2,(H2,23,27). The molecule has 1 aromatic carbocycles. The quantitative estimate of drug-likeness (QED) is 0.719. The summed E-state index contributed by atoms with van der Waals surface area (Å²) in [5.41, 5.74) is 5.88. The number of Topliss-reactive ketones (excluding diaryl/α,β-unsaturated/α-hetero) is 1. The summed E-state index contributed by atoms with van der Waals surface area (Å²) in [6, 6.07) is 6.03. The molecule has 2 fully saturated rings. The molecule has 2 saturated heterocycles. The van der Waals surface area contributed by atoms with Gasteiger partial charge in [0.1, 0.15) is 11.4 Å². The molecule has 2 heterocycles. The molecule has 148 valence electrons. The summed E-state index contributed by atoms with van der Waals surface area (Å²) < 4.78 is 13.0. The van der Waals surface area contributed by atoms with Crippen molar-refractivity contribution in [2.45, 2.75) is 62.9 Å². The average molecular weight is 375 g/mol. The van der Waals surface area contributed by atoms with E-state index in [1.165, 1.54) is 12.1 Å². The van der Waals surface area contributed by atoms with Crippen LogP contribution >= 0.6 is 0 Å². The first-order valence-electron chi connectivity index (χ1n) is 10.1. The number of benzene rings is 1. The summed E-state index contributed by atoms with van der Waals surface area (Å²) in [6.45, 7) is 2.53. The minimum absolute atomic E-state index is 0.0452. The van der Waals surface area contributed by atoms with Crippen molar-refractivity contribution in [1.29, 1.82) is 0 Å². The van der Waals surface area contributed by atoms with Crippen LogP contribution in [0.5, 0.6) is 0 Å². The number of carbonyl (C=O) groups excluding carboxylic acids is 2. The van der Waals surface area contributed by atoms with Crippen LogP contribution in [-0.4, -0.2) is 47.8 Å². The van der Waals surface area contributed by atoms with Crippen LogP contribution in [0.4, 0.5) is 4.39 Å². The fourth-order valence-corrected chi connectivity index (χ4v) is 4.66. The Morgan fingerprint density at radius 3 is 2.56 bits per heavy atom. The van der Waals surface area contributed by atoms with E-state index in [9.17, 15) is 14.0 Å². The second-order valence-corrected chi connectivity index (χ2v) is 7.81. The van der Waals surface area contributed by atoms with Gasteiger partial charge in [0.2, 0.25) is 5.91 Å². The zero-order valence-corrected chi connectivity index (χ0v) is 15.9. The van der Waals surface area contributed by atoms with Crippen LogP contribution in [0.3, 0.4) is 0 Å². The second kappa shape index (κ2) is 8.93. The third-order valence-corrected chi connectivity index (χ3v) is 6.17. The van der Waals surface area contributed by atoms with E-state index in [0.29, 0.717) is 18.0 Å². The minimum atomic E-state index is -0.544. The number of primary amides is 1. The molecule has 0 radical (unpaired) electrons. The lowest BCUT2D eigenvalue weighted by atomic mass is 9.81. The van der Waals surface area contributed by atoms with Gasteiger partial charge in [-0.3, -0.25) is 14.5 Å². The lowest BCUT2D eigenvalue weighted by Crippen LogP contribution is -2.65. The van der Waals surface area contributed by atoms with E-state index in [2.05, 4.69) is 10.2 Å². The molecule has 3 rings (SSSR count). The number of ketones is 1. The molecule has 1 aromatic rings. The molecule has 0 bridgehead atoms. The van der Waals surface area contributed by atoms with E-state index in [4.69, 9.17) is 5.73 Å². The highest BCUT2D eigenvalue weighted by Crippen LogP contribution is 2.34. The van der Waals surface area contributed by atoms with Crippen molar-refractivity contribution in [1.82, 2.24) is 10.2 Å². The number of piperidine rings is 2. The number of carbonyl (C=O) groups is 2. The van der Waals surface area contributed by atoms with Crippen LogP contribution in [0.15, 0.2) is 24.3 Å². The van der Waals surface area contributed by atoms with Gasteiger partial charge in [-0.2, -0.15) is 0 Å². The first-order valence-corrected chi connectivity index (χ1v) is 10.1.